The van der Waals surface area contributed by atoms with Gasteiger partial charge in [0, 0.05) is 87.4 Å². The van der Waals surface area contributed by atoms with Crippen LogP contribution in [0.4, 0.5) is 51.2 Å². The van der Waals surface area contributed by atoms with E-state index in [-0.39, 0.29) is 24.3 Å². The SMILES string of the molecule is CC(C)(C)c1ccc(-c2cccc(-c3ccc(C(C)(C)C)cc3)c2N2c3cc4c(cc3B3c5ccccc5Oc5c3c2cc2sc3ccccc3c52)B2c3ccccc3N(c3ccccc3)c3c2c(cc2c3c3ccccc3n2-c2ccccc2)N4c2ccccc2-c2ccccc2)cc1. The number of anilines is 9. The number of nitrogens with zero attached hydrogens (tertiary/aromatic N) is 4. The predicted molar refractivity (Wildman–Crippen MR) is 427 cm³/mol. The zero-order valence-electron chi connectivity index (χ0n) is 56.6. The molecule has 14 aromatic carbocycles. The maximum atomic E-state index is 7.65. The number of hydrogen-bond donors (Lipinski definition) is 0. The van der Waals surface area contributed by atoms with Crippen molar-refractivity contribution in [2.45, 2.75) is 52.4 Å². The standard InChI is InChI=1S/C92H68B2N4OS/c1-91(2,3)60-49-45-58(46-50-60)65-36-26-37-66(59-47-51-61(52-48-59)92(4,5)6)88(65)98-77-54-76-71(53-72(77)94-70-39-20-24-43-81(70)99-90-85-68-35-18-25-44-82(68)100-83(85)56-80(98)87(90)94)93-69-38-19-23-42-75(69)96(63-31-14-9-15-32-63)89-84-67-34-17-22-41-74(67)95(62-29-12-8-13-30-62)78(84)55-79(86(89)93)97(76)73-40-21-16-33-64(73)57-27-10-7-11-28-57/h7-56H,1-6H3. The Bertz CT molecular complexity index is 5970. The van der Waals surface area contributed by atoms with Gasteiger partial charge in [-0.2, -0.15) is 0 Å². The Balaban J connectivity index is 0.979. The van der Waals surface area contributed by atoms with E-state index in [1.165, 1.54) is 69.7 Å². The highest BCUT2D eigenvalue weighted by atomic mass is 32.1. The summed E-state index contributed by atoms with van der Waals surface area (Å²) >= 11 is 1.85. The van der Waals surface area contributed by atoms with Crippen molar-refractivity contribution < 1.29 is 4.74 Å². The molecule has 16 aromatic rings. The summed E-state index contributed by atoms with van der Waals surface area (Å²) < 4.78 is 12.6. The highest BCUT2D eigenvalue weighted by Gasteiger charge is 2.50. The van der Waals surface area contributed by atoms with Crippen LogP contribution in [0.25, 0.3) is 81.0 Å². The average Bonchev–Trinajstić information content (AvgIpc) is 1.02. The summed E-state index contributed by atoms with van der Waals surface area (Å²) in [6.45, 7) is 13.4. The van der Waals surface area contributed by atoms with Gasteiger partial charge in [-0.1, -0.05) is 272 Å². The zero-order valence-corrected chi connectivity index (χ0v) is 57.4. The van der Waals surface area contributed by atoms with E-state index in [4.69, 9.17) is 4.74 Å². The smallest absolute Gasteiger partial charge is 0.256 e. The molecule has 0 N–H and O–H groups in total. The third kappa shape index (κ3) is 8.69. The fourth-order valence-electron chi connectivity index (χ4n) is 17.2. The summed E-state index contributed by atoms with van der Waals surface area (Å²) in [6.07, 6.45) is 0. The van der Waals surface area contributed by atoms with Crippen molar-refractivity contribution in [1.82, 2.24) is 4.57 Å². The van der Waals surface area contributed by atoms with Gasteiger partial charge in [0.05, 0.1) is 28.1 Å². The molecule has 0 spiro atoms. The van der Waals surface area contributed by atoms with Gasteiger partial charge in [-0.15, -0.1) is 11.3 Å². The van der Waals surface area contributed by atoms with Crippen LogP contribution in [0.2, 0.25) is 0 Å². The molecule has 0 atom stereocenters. The van der Waals surface area contributed by atoms with E-state index in [0.717, 1.165) is 118 Å². The molecule has 0 saturated heterocycles. The van der Waals surface area contributed by atoms with Gasteiger partial charge in [0.2, 0.25) is 0 Å². The number of rotatable bonds is 7. The lowest BCUT2D eigenvalue weighted by Gasteiger charge is -2.47. The number of ether oxygens (including phenoxy) is 1. The molecule has 0 aliphatic carbocycles. The number of fused-ring (bicyclic) bond motifs is 16. The fourth-order valence-corrected chi connectivity index (χ4v) is 18.3. The van der Waals surface area contributed by atoms with Crippen molar-refractivity contribution in [3.63, 3.8) is 0 Å². The summed E-state index contributed by atoms with van der Waals surface area (Å²) in [5.74, 6) is 1.81. The van der Waals surface area contributed by atoms with Gasteiger partial charge in [0.1, 0.15) is 11.5 Å². The number of para-hydroxylation sites is 7. The van der Waals surface area contributed by atoms with E-state index in [2.05, 4.69) is 364 Å². The maximum absolute atomic E-state index is 7.65. The second kappa shape index (κ2) is 22.0. The Morgan fingerprint density at radius 1 is 0.320 bits per heavy atom. The third-order valence-corrected chi connectivity index (χ3v) is 22.8. The minimum Gasteiger partial charge on any atom is -0.458 e. The van der Waals surface area contributed by atoms with Crippen LogP contribution in [-0.2, 0) is 10.8 Å². The zero-order chi connectivity index (χ0) is 66.9. The molecule has 0 saturated carbocycles. The lowest BCUT2D eigenvalue weighted by Crippen LogP contribution is -2.64. The van der Waals surface area contributed by atoms with E-state index < -0.39 is 0 Å². The van der Waals surface area contributed by atoms with Crippen LogP contribution in [0.15, 0.2) is 303 Å². The minimum absolute atomic E-state index is 0.0418. The molecule has 0 amide bonds. The normalized spacial score (nSPS) is 13.5. The van der Waals surface area contributed by atoms with Gasteiger partial charge in [-0.3, -0.25) is 0 Å². The molecule has 0 bridgehead atoms. The summed E-state index contributed by atoms with van der Waals surface area (Å²) in [6, 6.07) is 115. The number of thiophene rings is 1. The molecule has 20 rings (SSSR count). The summed E-state index contributed by atoms with van der Waals surface area (Å²) in [5, 5.41) is 4.78. The van der Waals surface area contributed by atoms with E-state index in [0.29, 0.717) is 0 Å². The molecular weight excluding hydrogens is 1230 g/mol. The van der Waals surface area contributed by atoms with Crippen LogP contribution in [-0.4, -0.2) is 18.0 Å². The molecule has 5 nitrogen and oxygen atoms in total. The van der Waals surface area contributed by atoms with Crippen LogP contribution >= 0.6 is 11.3 Å². The number of aromatic nitrogens is 1. The van der Waals surface area contributed by atoms with Crippen molar-refractivity contribution in [2.75, 3.05) is 14.7 Å². The molecule has 4 aliphatic rings. The highest BCUT2D eigenvalue weighted by Crippen LogP contribution is 2.56. The van der Waals surface area contributed by atoms with Crippen LogP contribution in [0.1, 0.15) is 52.7 Å². The maximum Gasteiger partial charge on any atom is 0.256 e. The first-order valence-electron chi connectivity index (χ1n) is 35.0. The van der Waals surface area contributed by atoms with Gasteiger partial charge in [0.15, 0.2) is 0 Å². The Labute approximate surface area is 588 Å². The Morgan fingerprint density at radius 3 is 1.54 bits per heavy atom. The summed E-state index contributed by atoms with van der Waals surface area (Å²) in [5.41, 5.74) is 30.2. The van der Waals surface area contributed by atoms with E-state index in [1.54, 1.807) is 0 Å². The summed E-state index contributed by atoms with van der Waals surface area (Å²) in [7, 11) is 0. The van der Waals surface area contributed by atoms with Crippen LogP contribution < -0.4 is 52.2 Å². The summed E-state index contributed by atoms with van der Waals surface area (Å²) in [4.78, 5) is 7.96. The average molecular weight is 1300 g/mol. The molecule has 0 fully saturated rings. The third-order valence-electron chi connectivity index (χ3n) is 21.7. The molecule has 100 heavy (non-hydrogen) atoms. The lowest BCUT2D eigenvalue weighted by molar-refractivity contribution is 0.493. The molecule has 8 heteroatoms. The second-order valence-electron chi connectivity index (χ2n) is 29.5. The molecule has 0 radical (unpaired) electrons. The first-order chi connectivity index (χ1) is 48.9. The lowest BCUT2D eigenvalue weighted by atomic mass is 9.30. The van der Waals surface area contributed by atoms with Crippen LogP contribution in [0.3, 0.4) is 0 Å². The largest absolute Gasteiger partial charge is 0.458 e. The van der Waals surface area contributed by atoms with Crippen molar-refractivity contribution >= 4 is 151 Å². The molecule has 0 unspecified atom stereocenters. The second-order valence-corrected chi connectivity index (χ2v) is 30.5. The highest BCUT2D eigenvalue weighted by molar-refractivity contribution is 7.26. The Hall–Kier alpha value is -11.6. The van der Waals surface area contributed by atoms with Crippen LogP contribution in [0, 0.1) is 0 Å². The fraction of sp³-hybridized carbons (Fsp3) is 0.0870. The number of hydrogen-bond acceptors (Lipinski definition) is 5. The van der Waals surface area contributed by atoms with Crippen molar-refractivity contribution in [1.29, 1.82) is 0 Å². The van der Waals surface area contributed by atoms with Crippen molar-refractivity contribution in [3.8, 4) is 50.6 Å². The molecule has 6 heterocycles. The molecule has 2 aromatic heterocycles. The number of benzene rings is 14. The molecule has 4 aliphatic heterocycles. The van der Waals surface area contributed by atoms with Crippen LogP contribution in [0.5, 0.6) is 11.5 Å². The van der Waals surface area contributed by atoms with Gasteiger partial charge < -0.3 is 24.0 Å². The minimum atomic E-state index is -0.237. The quantitative estimate of drug-likeness (QED) is 0.148. The Kier molecular flexibility index (Phi) is 12.9. The van der Waals surface area contributed by atoms with E-state index >= 15 is 0 Å². The molecule has 474 valence electrons. The van der Waals surface area contributed by atoms with Gasteiger partial charge in [-0.05, 0) is 144 Å². The van der Waals surface area contributed by atoms with Gasteiger partial charge >= 0.3 is 0 Å². The van der Waals surface area contributed by atoms with Crippen molar-refractivity contribution in [2.24, 2.45) is 0 Å². The van der Waals surface area contributed by atoms with Gasteiger partial charge in [-0.25, -0.2) is 0 Å². The first kappa shape index (κ1) is 58.6. The Morgan fingerprint density at radius 2 is 0.850 bits per heavy atom. The van der Waals surface area contributed by atoms with Crippen molar-refractivity contribution in [3.05, 3.63) is 314 Å². The van der Waals surface area contributed by atoms with E-state index in [9.17, 15) is 0 Å². The van der Waals surface area contributed by atoms with Gasteiger partial charge in [0.25, 0.3) is 13.4 Å². The first-order valence-corrected chi connectivity index (χ1v) is 35.9. The predicted octanol–water partition coefficient (Wildman–Crippen LogP) is 21.2. The van der Waals surface area contributed by atoms with E-state index in [1.807, 2.05) is 11.3 Å². The monoisotopic (exact) mass is 1300 g/mol. The topological polar surface area (TPSA) is 23.9 Å². The molecular formula is C92H68B2N4OS.